The summed E-state index contributed by atoms with van der Waals surface area (Å²) in [4.78, 5) is 11.7. The second kappa shape index (κ2) is 5.21. The molecule has 0 saturated heterocycles. The average molecular weight is 275 g/mol. The van der Waals surface area contributed by atoms with Crippen LogP contribution >= 0.6 is 0 Å². The molecular weight excluding hydrogens is 250 g/mol. The van der Waals surface area contributed by atoms with Gasteiger partial charge in [-0.25, -0.2) is 0 Å². The molecule has 110 valence electrons. The summed E-state index contributed by atoms with van der Waals surface area (Å²) < 4.78 is 0. The summed E-state index contributed by atoms with van der Waals surface area (Å²) in [5, 5.41) is 9.60. The lowest BCUT2D eigenvalue weighted by atomic mass is 9.76. The zero-order valence-corrected chi connectivity index (χ0v) is 12.6. The predicted molar refractivity (Wildman–Crippen MR) is 80.7 cm³/mol. The summed E-state index contributed by atoms with van der Waals surface area (Å²) in [5.74, 6) is -0.505. The molecule has 3 N–H and O–H groups in total. The van der Waals surface area contributed by atoms with Crippen LogP contribution in [0, 0.1) is 11.3 Å². The highest BCUT2D eigenvalue weighted by Crippen LogP contribution is 2.47. The maximum atomic E-state index is 11.7. The Morgan fingerprint density at radius 2 is 1.80 bits per heavy atom. The van der Waals surface area contributed by atoms with Crippen molar-refractivity contribution >= 4 is 5.97 Å². The Balaban J connectivity index is 2.21. The van der Waals surface area contributed by atoms with Crippen LogP contribution in [-0.2, 0) is 16.6 Å². The molecule has 1 saturated carbocycles. The Morgan fingerprint density at radius 3 is 2.15 bits per heavy atom. The third-order valence-electron chi connectivity index (χ3n) is 4.49. The highest BCUT2D eigenvalue weighted by molar-refractivity contribution is 5.76. The number of carbonyl (C=O) groups is 1. The molecule has 1 aliphatic carbocycles. The smallest absolute Gasteiger partial charge is 0.311 e. The highest BCUT2D eigenvalue weighted by atomic mass is 16.4. The maximum absolute atomic E-state index is 11.7. The minimum Gasteiger partial charge on any atom is -0.481 e. The number of hydrogen-bond donors (Lipinski definition) is 2. The first-order chi connectivity index (χ1) is 9.29. The zero-order valence-electron chi connectivity index (χ0n) is 12.6. The van der Waals surface area contributed by atoms with Crippen LogP contribution in [0.1, 0.15) is 44.7 Å². The predicted octanol–water partition coefficient (Wildman–Crippen LogP) is 2.97. The lowest BCUT2D eigenvalue weighted by Gasteiger charge is -2.28. The lowest BCUT2D eigenvalue weighted by molar-refractivity contribution is -0.149. The van der Waals surface area contributed by atoms with Crippen LogP contribution in [0.25, 0.3) is 0 Å². The molecule has 1 aromatic carbocycles. The summed E-state index contributed by atoms with van der Waals surface area (Å²) >= 11 is 0. The normalized spacial score (nSPS) is 18.6. The molecule has 0 amide bonds. The van der Waals surface area contributed by atoms with Gasteiger partial charge in [-0.3, -0.25) is 4.79 Å². The van der Waals surface area contributed by atoms with Gasteiger partial charge in [-0.05, 0) is 41.7 Å². The Labute approximate surface area is 121 Å². The molecular formula is C17H25NO2. The van der Waals surface area contributed by atoms with Crippen LogP contribution in [0.3, 0.4) is 0 Å². The SMILES string of the molecule is CC(C)(C)c1ccc(CC(CN)(C(=O)O)C2CC2)cc1. The average Bonchev–Trinajstić information content (AvgIpc) is 3.19. The summed E-state index contributed by atoms with van der Waals surface area (Å²) in [6.07, 6.45) is 2.51. The molecule has 2 rings (SSSR count). The van der Waals surface area contributed by atoms with Gasteiger partial charge >= 0.3 is 5.97 Å². The van der Waals surface area contributed by atoms with Crippen LogP contribution in [0.2, 0.25) is 0 Å². The van der Waals surface area contributed by atoms with E-state index in [1.807, 2.05) is 0 Å². The second-order valence-electron chi connectivity index (χ2n) is 7.06. The van der Waals surface area contributed by atoms with Gasteiger partial charge in [0, 0.05) is 6.54 Å². The summed E-state index contributed by atoms with van der Waals surface area (Å²) in [6, 6.07) is 8.31. The van der Waals surface area contributed by atoms with Crippen LogP contribution in [0.15, 0.2) is 24.3 Å². The van der Waals surface area contributed by atoms with Crippen molar-refractivity contribution in [2.24, 2.45) is 17.1 Å². The molecule has 1 atom stereocenters. The molecule has 1 aliphatic rings. The second-order valence-corrected chi connectivity index (χ2v) is 7.06. The van der Waals surface area contributed by atoms with Gasteiger partial charge in [0.25, 0.3) is 0 Å². The first-order valence-corrected chi connectivity index (χ1v) is 7.32. The van der Waals surface area contributed by atoms with Crippen molar-refractivity contribution in [1.82, 2.24) is 0 Å². The van der Waals surface area contributed by atoms with Crippen LogP contribution in [0.5, 0.6) is 0 Å². The van der Waals surface area contributed by atoms with Gasteiger partial charge in [0.15, 0.2) is 0 Å². The zero-order chi connectivity index (χ0) is 15.0. The minimum atomic E-state index is -0.775. The van der Waals surface area contributed by atoms with Crippen LogP contribution in [-0.4, -0.2) is 17.6 Å². The summed E-state index contributed by atoms with van der Waals surface area (Å²) in [5.41, 5.74) is 7.49. The van der Waals surface area contributed by atoms with E-state index in [9.17, 15) is 9.90 Å². The molecule has 3 nitrogen and oxygen atoms in total. The molecule has 1 aromatic rings. The van der Waals surface area contributed by atoms with Gasteiger partial charge in [-0.2, -0.15) is 0 Å². The van der Waals surface area contributed by atoms with E-state index in [0.717, 1.165) is 18.4 Å². The van der Waals surface area contributed by atoms with Crippen molar-refractivity contribution in [2.45, 2.75) is 45.4 Å². The first-order valence-electron chi connectivity index (χ1n) is 7.32. The van der Waals surface area contributed by atoms with Gasteiger partial charge in [0.05, 0.1) is 5.41 Å². The van der Waals surface area contributed by atoms with Crippen LogP contribution in [0.4, 0.5) is 0 Å². The van der Waals surface area contributed by atoms with Gasteiger partial charge in [0.2, 0.25) is 0 Å². The molecule has 0 radical (unpaired) electrons. The Bertz CT molecular complexity index is 483. The largest absolute Gasteiger partial charge is 0.481 e. The van der Waals surface area contributed by atoms with Crippen molar-refractivity contribution in [3.8, 4) is 0 Å². The fourth-order valence-corrected chi connectivity index (χ4v) is 2.84. The fraction of sp³-hybridized carbons (Fsp3) is 0.588. The van der Waals surface area contributed by atoms with Crippen molar-refractivity contribution in [2.75, 3.05) is 6.54 Å². The van der Waals surface area contributed by atoms with Crippen molar-refractivity contribution in [1.29, 1.82) is 0 Å². The van der Waals surface area contributed by atoms with Crippen molar-refractivity contribution in [3.05, 3.63) is 35.4 Å². The lowest BCUT2D eigenvalue weighted by Crippen LogP contribution is -2.42. The number of rotatable bonds is 5. The van der Waals surface area contributed by atoms with Gasteiger partial charge in [-0.1, -0.05) is 45.0 Å². The van der Waals surface area contributed by atoms with Crippen molar-refractivity contribution < 1.29 is 9.90 Å². The summed E-state index contributed by atoms with van der Waals surface area (Å²) in [7, 11) is 0. The minimum absolute atomic E-state index is 0.118. The third-order valence-corrected chi connectivity index (χ3v) is 4.49. The van der Waals surface area contributed by atoms with E-state index >= 15 is 0 Å². The molecule has 0 heterocycles. The van der Waals surface area contributed by atoms with Gasteiger partial charge in [-0.15, -0.1) is 0 Å². The van der Waals surface area contributed by atoms with E-state index in [2.05, 4.69) is 45.0 Å². The Hall–Kier alpha value is -1.35. The molecule has 0 bridgehead atoms. The highest BCUT2D eigenvalue weighted by Gasteiger charge is 2.50. The number of benzene rings is 1. The van der Waals surface area contributed by atoms with E-state index in [1.165, 1.54) is 5.56 Å². The monoisotopic (exact) mass is 275 g/mol. The number of carboxylic acid groups (broad SMARTS) is 1. The van der Waals surface area contributed by atoms with Gasteiger partial charge < -0.3 is 10.8 Å². The molecule has 1 fully saturated rings. The molecule has 0 aliphatic heterocycles. The van der Waals surface area contributed by atoms with Crippen molar-refractivity contribution in [3.63, 3.8) is 0 Å². The number of nitrogens with two attached hydrogens (primary N) is 1. The maximum Gasteiger partial charge on any atom is 0.311 e. The van der Waals surface area contributed by atoms with E-state index in [0.29, 0.717) is 6.42 Å². The fourth-order valence-electron chi connectivity index (χ4n) is 2.84. The number of aliphatic carboxylic acids is 1. The number of hydrogen-bond acceptors (Lipinski definition) is 2. The topological polar surface area (TPSA) is 63.3 Å². The Kier molecular flexibility index (Phi) is 3.92. The molecule has 1 unspecified atom stereocenters. The van der Waals surface area contributed by atoms with E-state index in [4.69, 9.17) is 5.73 Å². The molecule has 0 spiro atoms. The Morgan fingerprint density at radius 1 is 1.25 bits per heavy atom. The van der Waals surface area contributed by atoms with E-state index < -0.39 is 11.4 Å². The molecule has 20 heavy (non-hydrogen) atoms. The standard InChI is InChI=1S/C17H25NO2/c1-16(2,3)13-6-4-12(5-7-13)10-17(11-18,15(19)20)14-8-9-14/h4-7,14H,8-11,18H2,1-3H3,(H,19,20). The van der Waals surface area contributed by atoms with Gasteiger partial charge in [0.1, 0.15) is 0 Å². The summed E-state index contributed by atoms with van der Waals surface area (Å²) in [6.45, 7) is 6.74. The van der Waals surface area contributed by atoms with E-state index in [1.54, 1.807) is 0 Å². The molecule has 3 heteroatoms. The number of carboxylic acids is 1. The van der Waals surface area contributed by atoms with Crippen LogP contribution < -0.4 is 5.73 Å². The first kappa shape index (κ1) is 15.0. The quantitative estimate of drug-likeness (QED) is 0.868. The molecule has 0 aromatic heterocycles. The van der Waals surface area contributed by atoms with E-state index in [-0.39, 0.29) is 17.9 Å². The third kappa shape index (κ3) is 2.88.